The van der Waals surface area contributed by atoms with Crippen molar-refractivity contribution in [2.45, 2.75) is 13.3 Å². The molecule has 0 amide bonds. The van der Waals surface area contributed by atoms with E-state index in [0.717, 1.165) is 16.3 Å². The van der Waals surface area contributed by atoms with Gasteiger partial charge < -0.3 is 11.1 Å². The molecule has 3 aromatic rings. The first-order valence-electron chi connectivity index (χ1n) is 7.42. The van der Waals surface area contributed by atoms with Crippen LogP contribution < -0.4 is 5.73 Å². The third-order valence-corrected chi connectivity index (χ3v) is 3.64. The maximum absolute atomic E-state index is 7.82. The summed E-state index contributed by atoms with van der Waals surface area (Å²) in [5, 5.41) is 18.3. The van der Waals surface area contributed by atoms with Crippen molar-refractivity contribution in [3.63, 3.8) is 0 Å². The fraction of sp³-hybridized carbons (Fsp3) is 0.111. The highest BCUT2D eigenvalue weighted by atomic mass is 15.1. The molecule has 3 N–H and O–H groups in total. The van der Waals surface area contributed by atoms with E-state index in [2.05, 4.69) is 15.2 Å². The summed E-state index contributed by atoms with van der Waals surface area (Å²) in [6, 6.07) is 15.2. The molecular weight excluding hydrogens is 286 g/mol. The summed E-state index contributed by atoms with van der Waals surface area (Å²) in [6.45, 7) is 1.96. The van der Waals surface area contributed by atoms with Crippen LogP contribution >= 0.6 is 0 Å². The lowest BCUT2D eigenvalue weighted by Gasteiger charge is -2.04. The number of nitrogens with one attached hydrogen (secondary N) is 1. The lowest BCUT2D eigenvalue weighted by atomic mass is 10.1. The highest BCUT2D eigenvalue weighted by Crippen LogP contribution is 2.31. The molecule has 0 saturated heterocycles. The monoisotopic (exact) mass is 303 g/mol. The van der Waals surface area contributed by atoms with Crippen LogP contribution in [0.4, 0.5) is 17.2 Å². The number of anilines is 1. The quantitative estimate of drug-likeness (QED) is 0.524. The van der Waals surface area contributed by atoms with Gasteiger partial charge in [-0.1, -0.05) is 43.3 Å². The molecule has 0 aliphatic heterocycles. The molecule has 0 fully saturated rings. The van der Waals surface area contributed by atoms with Crippen LogP contribution in [0.5, 0.6) is 0 Å². The number of pyridine rings is 1. The molecule has 0 bridgehead atoms. The largest absolute Gasteiger partial charge is 0.382 e. The number of nitrogen functional groups attached to an aromatic ring is 1. The zero-order valence-corrected chi connectivity index (χ0v) is 12.8. The topological polar surface area (TPSA) is 87.5 Å². The molecule has 2 aromatic carbocycles. The van der Waals surface area contributed by atoms with Crippen molar-refractivity contribution in [3.05, 3.63) is 60.3 Å². The van der Waals surface area contributed by atoms with Crippen LogP contribution in [-0.4, -0.2) is 10.7 Å². The molecule has 3 rings (SSSR count). The second-order valence-corrected chi connectivity index (χ2v) is 5.16. The van der Waals surface area contributed by atoms with Gasteiger partial charge in [-0.05, 0) is 24.1 Å². The minimum atomic E-state index is 0.358. The molecule has 114 valence electrons. The van der Waals surface area contributed by atoms with Crippen molar-refractivity contribution in [3.8, 4) is 0 Å². The fourth-order valence-corrected chi connectivity index (χ4v) is 2.31. The lowest BCUT2D eigenvalue weighted by Crippen LogP contribution is -1.94. The van der Waals surface area contributed by atoms with Gasteiger partial charge in [0.15, 0.2) is 5.82 Å². The molecule has 5 heteroatoms. The van der Waals surface area contributed by atoms with Crippen LogP contribution in [0, 0.1) is 5.41 Å². The Morgan fingerprint density at radius 2 is 1.83 bits per heavy atom. The Labute approximate surface area is 134 Å². The van der Waals surface area contributed by atoms with Crippen LogP contribution in [0.1, 0.15) is 18.9 Å². The summed E-state index contributed by atoms with van der Waals surface area (Å²) in [5.41, 5.74) is 8.74. The number of fused-ring (bicyclic) bond motifs is 1. The first-order chi connectivity index (χ1) is 11.2. The van der Waals surface area contributed by atoms with E-state index >= 15 is 0 Å². The van der Waals surface area contributed by atoms with E-state index in [1.807, 2.05) is 55.5 Å². The summed E-state index contributed by atoms with van der Waals surface area (Å²) in [7, 11) is 0. The zero-order valence-electron chi connectivity index (χ0n) is 12.8. The molecule has 23 heavy (non-hydrogen) atoms. The summed E-state index contributed by atoms with van der Waals surface area (Å²) in [4.78, 5) is 4.16. The summed E-state index contributed by atoms with van der Waals surface area (Å²) >= 11 is 0. The van der Waals surface area contributed by atoms with Crippen LogP contribution in [-0.2, 0) is 0 Å². The van der Waals surface area contributed by atoms with Gasteiger partial charge in [0, 0.05) is 22.7 Å². The van der Waals surface area contributed by atoms with Crippen LogP contribution in [0.25, 0.3) is 10.8 Å². The van der Waals surface area contributed by atoms with Crippen molar-refractivity contribution < 1.29 is 0 Å². The molecule has 0 unspecified atom stereocenters. The van der Waals surface area contributed by atoms with E-state index < -0.39 is 0 Å². The SMILES string of the molecule is CCC(=N)c1ccc(N=Nc2c(N)ncc3ccccc23)cc1. The standard InChI is InChI=1S/C18H17N5/c1-2-16(19)12-7-9-14(10-8-12)22-23-17-15-6-4-3-5-13(15)11-21-18(17)20/h3-11,19H,2H2,1H3,(H2,20,21). The van der Waals surface area contributed by atoms with E-state index in [0.29, 0.717) is 29.3 Å². The van der Waals surface area contributed by atoms with Crippen LogP contribution in [0.3, 0.4) is 0 Å². The molecule has 5 nitrogen and oxygen atoms in total. The van der Waals surface area contributed by atoms with Gasteiger partial charge >= 0.3 is 0 Å². The number of benzene rings is 2. The van der Waals surface area contributed by atoms with Crippen molar-refractivity contribution in [1.82, 2.24) is 4.98 Å². The molecule has 1 aromatic heterocycles. The van der Waals surface area contributed by atoms with Gasteiger partial charge in [0.2, 0.25) is 0 Å². The molecule has 0 aliphatic rings. The highest BCUT2D eigenvalue weighted by Gasteiger charge is 2.05. The van der Waals surface area contributed by atoms with Gasteiger partial charge in [-0.25, -0.2) is 4.98 Å². The summed E-state index contributed by atoms with van der Waals surface area (Å²) in [6.07, 6.45) is 2.44. The highest BCUT2D eigenvalue weighted by molar-refractivity contribution is 5.98. The number of nitrogens with two attached hydrogens (primary N) is 1. The van der Waals surface area contributed by atoms with Gasteiger partial charge in [-0.15, -0.1) is 5.11 Å². The average molecular weight is 303 g/mol. The first kappa shape index (κ1) is 14.8. The molecule has 0 aliphatic carbocycles. The molecular formula is C18H17N5. The Morgan fingerprint density at radius 1 is 1.09 bits per heavy atom. The summed E-state index contributed by atoms with van der Waals surface area (Å²) in [5.74, 6) is 0.358. The van der Waals surface area contributed by atoms with E-state index in [9.17, 15) is 0 Å². The van der Waals surface area contributed by atoms with Gasteiger partial charge in [-0.3, -0.25) is 0 Å². The molecule has 1 heterocycles. The van der Waals surface area contributed by atoms with E-state index in [1.165, 1.54) is 0 Å². The second kappa shape index (κ2) is 6.36. The molecule has 0 saturated carbocycles. The molecule has 0 atom stereocenters. The predicted octanol–water partition coefficient (Wildman–Crippen LogP) is 5.01. The van der Waals surface area contributed by atoms with E-state index in [-0.39, 0.29) is 0 Å². The van der Waals surface area contributed by atoms with Gasteiger partial charge in [0.1, 0.15) is 5.69 Å². The smallest absolute Gasteiger partial charge is 0.151 e. The normalized spacial score (nSPS) is 11.2. The van der Waals surface area contributed by atoms with Crippen molar-refractivity contribution in [2.24, 2.45) is 10.2 Å². The number of nitrogens with zero attached hydrogens (tertiary/aromatic N) is 3. The maximum atomic E-state index is 7.82. The first-order valence-corrected chi connectivity index (χ1v) is 7.42. The Bertz CT molecular complexity index is 882. The van der Waals surface area contributed by atoms with Crippen molar-refractivity contribution >= 4 is 33.7 Å². The number of hydrogen-bond donors (Lipinski definition) is 2. The second-order valence-electron chi connectivity index (χ2n) is 5.16. The van der Waals surface area contributed by atoms with E-state index in [4.69, 9.17) is 11.1 Å². The average Bonchev–Trinajstić information content (AvgIpc) is 2.60. The Kier molecular flexibility index (Phi) is 4.10. The van der Waals surface area contributed by atoms with Crippen LogP contribution in [0.15, 0.2) is 65.0 Å². The Hall–Kier alpha value is -3.08. The van der Waals surface area contributed by atoms with Gasteiger partial charge in [0.25, 0.3) is 0 Å². The number of azo groups is 1. The fourth-order valence-electron chi connectivity index (χ4n) is 2.31. The zero-order chi connectivity index (χ0) is 16.2. The maximum Gasteiger partial charge on any atom is 0.151 e. The number of rotatable bonds is 4. The van der Waals surface area contributed by atoms with Crippen molar-refractivity contribution in [2.75, 3.05) is 5.73 Å². The third-order valence-electron chi connectivity index (χ3n) is 3.64. The third kappa shape index (κ3) is 3.08. The van der Waals surface area contributed by atoms with E-state index in [1.54, 1.807) is 6.20 Å². The van der Waals surface area contributed by atoms with Gasteiger partial charge in [0.05, 0.1) is 5.69 Å². The van der Waals surface area contributed by atoms with Gasteiger partial charge in [-0.2, -0.15) is 5.11 Å². The summed E-state index contributed by atoms with van der Waals surface area (Å²) < 4.78 is 0. The number of aromatic nitrogens is 1. The van der Waals surface area contributed by atoms with Crippen LogP contribution in [0.2, 0.25) is 0 Å². The molecule has 0 spiro atoms. The lowest BCUT2D eigenvalue weighted by molar-refractivity contribution is 1.21. The Morgan fingerprint density at radius 3 is 2.57 bits per heavy atom. The predicted molar refractivity (Wildman–Crippen MR) is 93.9 cm³/mol. The van der Waals surface area contributed by atoms with Crippen molar-refractivity contribution in [1.29, 1.82) is 5.41 Å². The minimum Gasteiger partial charge on any atom is -0.382 e. The number of hydrogen-bond acceptors (Lipinski definition) is 5. The Balaban J connectivity index is 1.94. The minimum absolute atomic E-state index is 0.358. The molecule has 0 radical (unpaired) electrons.